The van der Waals surface area contributed by atoms with E-state index in [1.807, 2.05) is 31.2 Å². The Balaban J connectivity index is 1.55. The molecule has 0 saturated carbocycles. The summed E-state index contributed by atoms with van der Waals surface area (Å²) in [4.78, 5) is 13.4. The number of aromatic carboxylic acids is 1. The zero-order valence-corrected chi connectivity index (χ0v) is 16.4. The molecule has 0 radical (unpaired) electrons. The molecular weight excluding hydrogens is 394 g/mol. The number of rotatable bonds is 4. The number of fused-ring (bicyclic) bond motifs is 2. The number of hydrazone groups is 1. The third-order valence-corrected chi connectivity index (χ3v) is 5.79. The number of benzene rings is 3. The molecule has 3 aromatic carbocycles. The molecule has 4 rings (SSSR count). The SMILES string of the molecule is C/C(=N/Nc1ccc(Cl)c(C(=O)[O-])c1)c1ccc2c(c1)Nc1ccccc1S2. The van der Waals surface area contributed by atoms with Gasteiger partial charge in [-0.3, -0.25) is 5.43 Å². The van der Waals surface area contributed by atoms with Crippen LogP contribution in [0.1, 0.15) is 22.8 Å². The van der Waals surface area contributed by atoms with Gasteiger partial charge < -0.3 is 15.2 Å². The van der Waals surface area contributed by atoms with Crippen molar-refractivity contribution >= 4 is 52.1 Å². The van der Waals surface area contributed by atoms with Gasteiger partial charge in [-0.1, -0.05) is 41.6 Å². The fourth-order valence-corrected chi connectivity index (χ4v) is 3.99. The molecule has 5 nitrogen and oxygen atoms in total. The molecule has 0 bridgehead atoms. The van der Waals surface area contributed by atoms with E-state index < -0.39 is 5.97 Å². The molecule has 0 fully saturated rings. The van der Waals surface area contributed by atoms with Crippen molar-refractivity contribution in [2.75, 3.05) is 10.7 Å². The molecule has 0 unspecified atom stereocenters. The van der Waals surface area contributed by atoms with Crippen LogP contribution in [0.5, 0.6) is 0 Å². The molecule has 140 valence electrons. The standard InChI is InChI=1S/C21H16ClN3O2S/c1-12(24-25-14-7-8-16(22)15(11-14)21(26)27)13-6-9-20-18(10-13)23-17-4-2-3-5-19(17)28-20/h2-11,23,25H,1H3,(H,26,27)/p-1/b24-12-. The van der Waals surface area contributed by atoms with Crippen molar-refractivity contribution < 1.29 is 9.90 Å². The third-order valence-electron chi connectivity index (χ3n) is 4.31. The summed E-state index contributed by atoms with van der Waals surface area (Å²) in [6.07, 6.45) is 0. The highest BCUT2D eigenvalue weighted by Gasteiger charge is 2.15. The van der Waals surface area contributed by atoms with Crippen molar-refractivity contribution in [1.82, 2.24) is 0 Å². The van der Waals surface area contributed by atoms with E-state index in [1.165, 1.54) is 17.0 Å². The maximum Gasteiger partial charge on any atom is 0.0731 e. The van der Waals surface area contributed by atoms with Crippen LogP contribution in [0.4, 0.5) is 17.1 Å². The summed E-state index contributed by atoms with van der Waals surface area (Å²) in [5, 5.41) is 19.0. The molecule has 0 atom stereocenters. The normalized spacial score (nSPS) is 12.6. The van der Waals surface area contributed by atoms with Gasteiger partial charge in [0.15, 0.2) is 0 Å². The second-order valence-corrected chi connectivity index (χ2v) is 7.72. The van der Waals surface area contributed by atoms with Gasteiger partial charge in [0.1, 0.15) is 0 Å². The van der Waals surface area contributed by atoms with Gasteiger partial charge >= 0.3 is 0 Å². The van der Waals surface area contributed by atoms with Crippen LogP contribution in [0.25, 0.3) is 0 Å². The Morgan fingerprint density at radius 1 is 1.07 bits per heavy atom. The van der Waals surface area contributed by atoms with E-state index in [0.717, 1.165) is 27.5 Å². The summed E-state index contributed by atoms with van der Waals surface area (Å²) in [6.45, 7) is 1.88. The molecule has 0 amide bonds. The van der Waals surface area contributed by atoms with Crippen molar-refractivity contribution in [3.63, 3.8) is 0 Å². The number of anilines is 3. The smallest absolute Gasteiger partial charge is 0.0731 e. The Bertz CT molecular complexity index is 1110. The number of carboxylic acids is 1. The average Bonchev–Trinajstić information content (AvgIpc) is 2.70. The van der Waals surface area contributed by atoms with Gasteiger partial charge in [-0.05, 0) is 55.0 Å². The second kappa shape index (κ2) is 7.58. The quantitative estimate of drug-likeness (QED) is 0.376. The summed E-state index contributed by atoms with van der Waals surface area (Å²) in [6, 6.07) is 18.9. The molecule has 28 heavy (non-hydrogen) atoms. The Morgan fingerprint density at radius 2 is 1.86 bits per heavy atom. The minimum Gasteiger partial charge on any atom is -0.545 e. The van der Waals surface area contributed by atoms with Crippen LogP contribution < -0.4 is 15.8 Å². The zero-order valence-electron chi connectivity index (χ0n) is 14.8. The van der Waals surface area contributed by atoms with Crippen LogP contribution in [0.15, 0.2) is 75.6 Å². The lowest BCUT2D eigenvalue weighted by atomic mass is 10.1. The van der Waals surface area contributed by atoms with Crippen LogP contribution >= 0.6 is 23.4 Å². The lowest BCUT2D eigenvalue weighted by molar-refractivity contribution is -0.255. The number of carboxylic acid groups (broad SMARTS) is 1. The topological polar surface area (TPSA) is 76.5 Å². The number of nitrogens with zero attached hydrogens (tertiary/aromatic N) is 1. The molecule has 0 aromatic heterocycles. The monoisotopic (exact) mass is 408 g/mol. The summed E-state index contributed by atoms with van der Waals surface area (Å²) in [5.41, 5.74) is 7.14. The van der Waals surface area contributed by atoms with Gasteiger partial charge in [0.25, 0.3) is 0 Å². The van der Waals surface area contributed by atoms with Crippen molar-refractivity contribution in [1.29, 1.82) is 0 Å². The number of para-hydroxylation sites is 1. The van der Waals surface area contributed by atoms with Crippen LogP contribution in [0.2, 0.25) is 5.02 Å². The first-order valence-corrected chi connectivity index (χ1v) is 9.70. The minimum absolute atomic E-state index is 0.0757. The first-order valence-electron chi connectivity index (χ1n) is 8.51. The first-order chi connectivity index (χ1) is 13.5. The van der Waals surface area contributed by atoms with Crippen LogP contribution in [0, 0.1) is 0 Å². The van der Waals surface area contributed by atoms with Gasteiger partial charge in [0.2, 0.25) is 0 Å². The Kier molecular flexibility index (Phi) is 4.98. The number of hydrogen-bond acceptors (Lipinski definition) is 6. The van der Waals surface area contributed by atoms with Gasteiger partial charge in [-0.15, -0.1) is 0 Å². The van der Waals surface area contributed by atoms with Gasteiger partial charge in [-0.2, -0.15) is 5.10 Å². The molecular formula is C21H15ClN3O2S-. The summed E-state index contributed by atoms with van der Waals surface area (Å²) < 4.78 is 0. The molecule has 2 N–H and O–H groups in total. The maximum absolute atomic E-state index is 11.1. The minimum atomic E-state index is -1.33. The molecule has 7 heteroatoms. The molecule has 0 spiro atoms. The van der Waals surface area contributed by atoms with Crippen molar-refractivity contribution in [3.05, 3.63) is 76.8 Å². The van der Waals surface area contributed by atoms with E-state index in [1.54, 1.807) is 17.8 Å². The maximum atomic E-state index is 11.1. The summed E-state index contributed by atoms with van der Waals surface area (Å²) in [5.74, 6) is -1.33. The zero-order chi connectivity index (χ0) is 19.7. The lowest BCUT2D eigenvalue weighted by Gasteiger charge is -2.21. The van der Waals surface area contributed by atoms with E-state index in [9.17, 15) is 9.90 Å². The first kappa shape index (κ1) is 18.4. The highest BCUT2D eigenvalue weighted by atomic mass is 35.5. The largest absolute Gasteiger partial charge is 0.545 e. The van der Waals surface area contributed by atoms with E-state index in [-0.39, 0.29) is 10.6 Å². The molecule has 0 aliphatic carbocycles. The van der Waals surface area contributed by atoms with Crippen LogP contribution in [-0.2, 0) is 0 Å². The molecule has 1 aliphatic heterocycles. The number of nitrogens with one attached hydrogen (secondary N) is 2. The van der Waals surface area contributed by atoms with Gasteiger partial charge in [0.05, 0.1) is 28.7 Å². The Labute approximate surface area is 171 Å². The van der Waals surface area contributed by atoms with E-state index in [2.05, 4.69) is 34.0 Å². The van der Waals surface area contributed by atoms with Crippen molar-refractivity contribution in [2.24, 2.45) is 5.10 Å². The fourth-order valence-electron chi connectivity index (χ4n) is 2.83. The van der Waals surface area contributed by atoms with E-state index >= 15 is 0 Å². The number of halogens is 1. The van der Waals surface area contributed by atoms with Gasteiger partial charge in [-0.25, -0.2) is 0 Å². The van der Waals surface area contributed by atoms with E-state index in [4.69, 9.17) is 11.6 Å². The summed E-state index contributed by atoms with van der Waals surface area (Å²) in [7, 11) is 0. The average molecular weight is 409 g/mol. The van der Waals surface area contributed by atoms with Crippen LogP contribution in [0.3, 0.4) is 0 Å². The molecule has 3 aromatic rings. The Morgan fingerprint density at radius 3 is 2.68 bits per heavy atom. The highest BCUT2D eigenvalue weighted by molar-refractivity contribution is 7.99. The fraction of sp³-hybridized carbons (Fsp3) is 0.0476. The third kappa shape index (κ3) is 3.69. The molecule has 1 aliphatic rings. The highest BCUT2D eigenvalue weighted by Crippen LogP contribution is 2.44. The number of hydrogen-bond donors (Lipinski definition) is 2. The van der Waals surface area contributed by atoms with E-state index in [0.29, 0.717) is 5.69 Å². The second-order valence-electron chi connectivity index (χ2n) is 6.23. The van der Waals surface area contributed by atoms with Crippen LogP contribution in [-0.4, -0.2) is 11.7 Å². The summed E-state index contributed by atoms with van der Waals surface area (Å²) >= 11 is 7.59. The molecule has 0 saturated heterocycles. The predicted octanol–water partition coefficient (Wildman–Crippen LogP) is 4.75. The molecule has 1 heterocycles. The Hall–Kier alpha value is -2.96. The van der Waals surface area contributed by atoms with Crippen molar-refractivity contribution in [2.45, 2.75) is 16.7 Å². The predicted molar refractivity (Wildman–Crippen MR) is 112 cm³/mol. The van der Waals surface area contributed by atoms with Gasteiger partial charge in [0, 0.05) is 20.4 Å². The number of carbonyl (C=O) groups is 1. The lowest BCUT2D eigenvalue weighted by Crippen LogP contribution is -2.22. The van der Waals surface area contributed by atoms with Crippen molar-refractivity contribution in [3.8, 4) is 0 Å². The number of carbonyl (C=O) groups excluding carboxylic acids is 1.